The van der Waals surface area contributed by atoms with Gasteiger partial charge in [-0.25, -0.2) is 14.6 Å². The second kappa shape index (κ2) is 9.27. The molecule has 5 rings (SSSR count). The molecular weight excluding hydrogens is 428 g/mol. The number of hydrogen-bond acceptors (Lipinski definition) is 6. The fourth-order valence-electron chi connectivity index (χ4n) is 4.86. The van der Waals surface area contributed by atoms with Crippen LogP contribution in [0.25, 0.3) is 17.2 Å². The van der Waals surface area contributed by atoms with Crippen molar-refractivity contribution in [1.82, 2.24) is 30.0 Å². The molecule has 1 aliphatic heterocycles. The SMILES string of the molecule is Cc1c(C(=O)NCC(C)(C)N2CCOCC2)cnn1-c1ncc2c(n1)-c1ccccc1CCC2. The lowest BCUT2D eigenvalue weighted by Crippen LogP contribution is -2.55. The predicted octanol–water partition coefficient (Wildman–Crippen LogP) is 2.97. The number of benzene rings is 1. The summed E-state index contributed by atoms with van der Waals surface area (Å²) in [4.78, 5) is 24.9. The Morgan fingerprint density at radius 1 is 1.12 bits per heavy atom. The quantitative estimate of drug-likeness (QED) is 0.630. The Hall–Kier alpha value is -3.10. The molecule has 0 atom stereocenters. The topological polar surface area (TPSA) is 85.2 Å². The fraction of sp³-hybridized carbons (Fsp3) is 0.462. The molecule has 0 bridgehead atoms. The highest BCUT2D eigenvalue weighted by atomic mass is 16.5. The Balaban J connectivity index is 1.37. The van der Waals surface area contributed by atoms with Gasteiger partial charge in [0.2, 0.25) is 0 Å². The smallest absolute Gasteiger partial charge is 0.254 e. The first-order chi connectivity index (χ1) is 16.4. The number of carbonyl (C=O) groups excluding carboxylic acids is 1. The zero-order chi connectivity index (χ0) is 23.7. The van der Waals surface area contributed by atoms with Crippen molar-refractivity contribution in [3.8, 4) is 17.2 Å². The molecule has 1 fully saturated rings. The van der Waals surface area contributed by atoms with Crippen molar-refractivity contribution in [3.05, 3.63) is 59.0 Å². The molecule has 1 saturated heterocycles. The Bertz CT molecular complexity index is 1200. The van der Waals surface area contributed by atoms with Crippen molar-refractivity contribution < 1.29 is 9.53 Å². The number of aromatic nitrogens is 4. The monoisotopic (exact) mass is 460 g/mol. The van der Waals surface area contributed by atoms with Crippen molar-refractivity contribution in [1.29, 1.82) is 0 Å². The van der Waals surface area contributed by atoms with E-state index in [-0.39, 0.29) is 11.4 Å². The summed E-state index contributed by atoms with van der Waals surface area (Å²) in [6, 6.07) is 8.43. The van der Waals surface area contributed by atoms with E-state index in [4.69, 9.17) is 9.72 Å². The molecule has 8 heteroatoms. The van der Waals surface area contributed by atoms with Crippen molar-refractivity contribution in [2.24, 2.45) is 0 Å². The summed E-state index contributed by atoms with van der Waals surface area (Å²) in [6.07, 6.45) is 6.59. The maximum absolute atomic E-state index is 13.0. The molecule has 1 aromatic carbocycles. The standard InChI is InChI=1S/C26H32N6O2/c1-18-22(24(33)28-17-26(2,3)31-11-13-34-14-12-31)16-29-32(18)25-27-15-20-9-6-8-19-7-4-5-10-21(19)23(20)30-25/h4-5,7,10,15-16H,6,8-9,11-14,17H2,1-3H3,(H,28,33). The third kappa shape index (κ3) is 4.35. The number of nitrogens with zero attached hydrogens (tertiary/aromatic N) is 5. The van der Waals surface area contributed by atoms with Gasteiger partial charge in [-0.1, -0.05) is 24.3 Å². The first-order valence-corrected chi connectivity index (χ1v) is 12.0. The number of rotatable bonds is 5. The molecule has 2 aliphatic rings. The van der Waals surface area contributed by atoms with E-state index in [1.807, 2.05) is 13.1 Å². The van der Waals surface area contributed by atoms with Gasteiger partial charge in [0.25, 0.3) is 11.9 Å². The highest BCUT2D eigenvalue weighted by molar-refractivity contribution is 5.95. The van der Waals surface area contributed by atoms with Gasteiger partial charge >= 0.3 is 0 Å². The number of amides is 1. The molecule has 0 saturated carbocycles. The highest BCUT2D eigenvalue weighted by Crippen LogP contribution is 2.31. The Kier molecular flexibility index (Phi) is 6.18. The summed E-state index contributed by atoms with van der Waals surface area (Å²) in [5.74, 6) is 0.353. The lowest BCUT2D eigenvalue weighted by molar-refractivity contribution is -0.00923. The van der Waals surface area contributed by atoms with Crippen LogP contribution in [0.15, 0.2) is 36.7 Å². The molecule has 2 aromatic heterocycles. The lowest BCUT2D eigenvalue weighted by Gasteiger charge is -2.40. The second-order valence-electron chi connectivity index (χ2n) is 9.70. The number of morpholine rings is 1. The van der Waals surface area contributed by atoms with Gasteiger partial charge in [0.15, 0.2) is 0 Å². The van der Waals surface area contributed by atoms with E-state index >= 15 is 0 Å². The van der Waals surface area contributed by atoms with Gasteiger partial charge in [0.05, 0.1) is 36.4 Å². The average Bonchev–Trinajstić information content (AvgIpc) is 3.14. The Morgan fingerprint density at radius 2 is 1.88 bits per heavy atom. The molecule has 1 aliphatic carbocycles. The normalized spacial score (nSPS) is 16.4. The average molecular weight is 461 g/mol. The van der Waals surface area contributed by atoms with E-state index in [2.05, 4.69) is 58.4 Å². The van der Waals surface area contributed by atoms with Crippen molar-refractivity contribution >= 4 is 5.91 Å². The molecule has 178 valence electrons. The van der Waals surface area contributed by atoms with Gasteiger partial charge in [-0.2, -0.15) is 5.10 Å². The van der Waals surface area contributed by atoms with Crippen LogP contribution in [0.1, 0.15) is 47.4 Å². The first kappa shape index (κ1) is 22.7. The van der Waals surface area contributed by atoms with Gasteiger partial charge in [-0.3, -0.25) is 9.69 Å². The number of hydrogen-bond donors (Lipinski definition) is 1. The van der Waals surface area contributed by atoms with E-state index in [0.29, 0.717) is 18.1 Å². The minimum absolute atomic E-state index is 0.134. The maximum atomic E-state index is 13.0. The van der Waals surface area contributed by atoms with Gasteiger partial charge < -0.3 is 10.1 Å². The van der Waals surface area contributed by atoms with E-state index < -0.39 is 0 Å². The highest BCUT2D eigenvalue weighted by Gasteiger charge is 2.29. The summed E-state index contributed by atoms with van der Waals surface area (Å²) >= 11 is 0. The predicted molar refractivity (Wildman–Crippen MR) is 130 cm³/mol. The van der Waals surface area contributed by atoms with Gasteiger partial charge in [0, 0.05) is 36.9 Å². The summed E-state index contributed by atoms with van der Waals surface area (Å²) < 4.78 is 7.12. The van der Waals surface area contributed by atoms with Crippen LogP contribution in [0.4, 0.5) is 0 Å². The lowest BCUT2D eigenvalue weighted by atomic mass is 10.0. The van der Waals surface area contributed by atoms with Gasteiger partial charge in [-0.15, -0.1) is 0 Å². The van der Waals surface area contributed by atoms with E-state index in [9.17, 15) is 4.79 Å². The third-order valence-electron chi connectivity index (χ3n) is 7.01. The number of fused-ring (bicyclic) bond motifs is 3. The number of nitrogens with one attached hydrogen (secondary N) is 1. The molecule has 0 spiro atoms. The Morgan fingerprint density at radius 3 is 2.71 bits per heavy atom. The fourth-order valence-corrected chi connectivity index (χ4v) is 4.86. The molecule has 34 heavy (non-hydrogen) atoms. The van der Waals surface area contributed by atoms with E-state index in [0.717, 1.165) is 68.1 Å². The van der Waals surface area contributed by atoms with Crippen LogP contribution < -0.4 is 5.32 Å². The zero-order valence-corrected chi connectivity index (χ0v) is 20.2. The summed E-state index contributed by atoms with van der Waals surface area (Å²) in [7, 11) is 0. The van der Waals surface area contributed by atoms with Crippen LogP contribution in [0.5, 0.6) is 0 Å². The number of aryl methyl sites for hydroxylation is 2. The molecule has 3 aromatic rings. The van der Waals surface area contributed by atoms with Crippen molar-refractivity contribution in [2.45, 2.75) is 45.6 Å². The molecular formula is C26H32N6O2. The van der Waals surface area contributed by atoms with Crippen LogP contribution in [0.2, 0.25) is 0 Å². The van der Waals surface area contributed by atoms with E-state index in [1.165, 1.54) is 5.56 Å². The maximum Gasteiger partial charge on any atom is 0.254 e. The first-order valence-electron chi connectivity index (χ1n) is 12.0. The van der Waals surface area contributed by atoms with Crippen LogP contribution in [-0.2, 0) is 17.6 Å². The zero-order valence-electron chi connectivity index (χ0n) is 20.2. The molecule has 1 N–H and O–H groups in total. The molecule has 0 unspecified atom stereocenters. The van der Waals surface area contributed by atoms with Crippen LogP contribution in [-0.4, -0.2) is 68.9 Å². The van der Waals surface area contributed by atoms with Crippen molar-refractivity contribution in [2.75, 3.05) is 32.8 Å². The minimum Gasteiger partial charge on any atom is -0.379 e. The third-order valence-corrected chi connectivity index (χ3v) is 7.01. The number of carbonyl (C=O) groups is 1. The van der Waals surface area contributed by atoms with Crippen LogP contribution in [0.3, 0.4) is 0 Å². The van der Waals surface area contributed by atoms with Crippen molar-refractivity contribution in [3.63, 3.8) is 0 Å². The van der Waals surface area contributed by atoms with E-state index in [1.54, 1.807) is 10.9 Å². The number of ether oxygens (including phenoxy) is 1. The van der Waals surface area contributed by atoms with Gasteiger partial charge in [0.1, 0.15) is 0 Å². The molecule has 3 heterocycles. The largest absolute Gasteiger partial charge is 0.379 e. The Labute approximate surface area is 200 Å². The van der Waals surface area contributed by atoms with Gasteiger partial charge in [-0.05, 0) is 51.2 Å². The summed E-state index contributed by atoms with van der Waals surface area (Å²) in [5.41, 5.74) is 5.70. The molecule has 1 amide bonds. The summed E-state index contributed by atoms with van der Waals surface area (Å²) in [6.45, 7) is 9.94. The minimum atomic E-state index is -0.156. The van der Waals surface area contributed by atoms with Crippen LogP contribution >= 0.6 is 0 Å². The molecule has 8 nitrogen and oxygen atoms in total. The summed E-state index contributed by atoms with van der Waals surface area (Å²) in [5, 5.41) is 7.57. The molecule has 0 radical (unpaired) electrons. The van der Waals surface area contributed by atoms with Crippen LogP contribution in [0, 0.1) is 6.92 Å². The second-order valence-corrected chi connectivity index (χ2v) is 9.70.